The van der Waals surface area contributed by atoms with Gasteiger partial charge in [0.05, 0.1) is 5.56 Å². The van der Waals surface area contributed by atoms with Crippen molar-refractivity contribution in [1.82, 2.24) is 30.0 Å². The fourth-order valence-electron chi connectivity index (χ4n) is 4.14. The van der Waals surface area contributed by atoms with Gasteiger partial charge < -0.3 is 10.3 Å². The topological polar surface area (TPSA) is 88.5 Å². The fraction of sp³-hybridized carbons (Fsp3) is 0.368. The van der Waals surface area contributed by atoms with Gasteiger partial charge in [-0.3, -0.25) is 9.36 Å². The Kier molecular flexibility index (Phi) is 4.21. The van der Waals surface area contributed by atoms with Crippen LogP contribution in [0.5, 0.6) is 0 Å². The maximum atomic E-state index is 14.8. The van der Waals surface area contributed by atoms with E-state index in [-0.39, 0.29) is 17.4 Å². The fourth-order valence-corrected chi connectivity index (χ4v) is 5.04. The van der Waals surface area contributed by atoms with Crippen LogP contribution < -0.4 is 10.7 Å². The van der Waals surface area contributed by atoms with Gasteiger partial charge in [-0.25, -0.2) is 9.37 Å². The molecule has 144 valence electrons. The number of alkyl halides is 1. The van der Waals surface area contributed by atoms with E-state index in [0.29, 0.717) is 33.0 Å². The van der Waals surface area contributed by atoms with Crippen LogP contribution in [0.1, 0.15) is 24.3 Å². The van der Waals surface area contributed by atoms with E-state index < -0.39 is 6.17 Å². The van der Waals surface area contributed by atoms with Gasteiger partial charge in [-0.15, -0.1) is 10.2 Å². The first-order chi connectivity index (χ1) is 13.6. The van der Waals surface area contributed by atoms with Gasteiger partial charge in [0.1, 0.15) is 23.3 Å². The smallest absolute Gasteiger partial charge is 0.194 e. The number of allylic oxidation sites excluding steroid dienone is 1. The van der Waals surface area contributed by atoms with Gasteiger partial charge in [0, 0.05) is 42.7 Å². The molecule has 5 heterocycles. The van der Waals surface area contributed by atoms with E-state index in [9.17, 15) is 9.18 Å². The van der Waals surface area contributed by atoms with Crippen LogP contribution in [-0.2, 0) is 0 Å². The Labute approximate surface area is 164 Å². The van der Waals surface area contributed by atoms with Crippen LogP contribution in [0.3, 0.4) is 0 Å². The van der Waals surface area contributed by atoms with Crippen molar-refractivity contribution in [3.63, 3.8) is 0 Å². The van der Waals surface area contributed by atoms with Gasteiger partial charge in [0.2, 0.25) is 0 Å². The number of hydrogen-bond donors (Lipinski definition) is 2. The van der Waals surface area contributed by atoms with Crippen molar-refractivity contribution in [3.8, 4) is 16.4 Å². The number of nitrogens with zero attached hydrogens (tertiary/aromatic N) is 4. The zero-order chi connectivity index (χ0) is 19.3. The molecule has 7 nitrogen and oxygen atoms in total. The van der Waals surface area contributed by atoms with Crippen LogP contribution in [-0.4, -0.2) is 43.0 Å². The van der Waals surface area contributed by atoms with E-state index >= 15 is 0 Å². The molecule has 0 radical (unpaired) electrons. The third-order valence-corrected chi connectivity index (χ3v) is 6.67. The number of aromatic amines is 1. The first kappa shape index (κ1) is 17.4. The summed E-state index contributed by atoms with van der Waals surface area (Å²) in [6.45, 7) is 4.12. The molecule has 2 fully saturated rings. The summed E-state index contributed by atoms with van der Waals surface area (Å²) in [4.78, 5) is 19.6. The number of fused-ring (bicyclic) bond motifs is 2. The predicted octanol–water partition coefficient (Wildman–Crippen LogP) is 2.57. The lowest BCUT2D eigenvalue weighted by Crippen LogP contribution is -2.47. The third kappa shape index (κ3) is 2.91. The lowest BCUT2D eigenvalue weighted by Gasteiger charge is -2.33. The molecule has 4 atom stereocenters. The third-order valence-electron chi connectivity index (χ3n) is 5.64. The maximum Gasteiger partial charge on any atom is 0.194 e. The zero-order valence-corrected chi connectivity index (χ0v) is 15.8. The quantitative estimate of drug-likeness (QED) is 0.705. The maximum absolute atomic E-state index is 14.8. The van der Waals surface area contributed by atoms with E-state index in [1.165, 1.54) is 17.4 Å². The molecule has 2 N–H and O–H groups in total. The number of halogens is 1. The average Bonchev–Trinajstić information content (AvgIpc) is 3.45. The van der Waals surface area contributed by atoms with Crippen molar-refractivity contribution in [2.45, 2.75) is 37.5 Å². The van der Waals surface area contributed by atoms with Crippen LogP contribution in [0.25, 0.3) is 22.0 Å². The van der Waals surface area contributed by atoms with Gasteiger partial charge in [0.25, 0.3) is 0 Å². The summed E-state index contributed by atoms with van der Waals surface area (Å²) in [6.07, 6.45) is 8.26. The molecule has 0 aromatic carbocycles. The second kappa shape index (κ2) is 6.75. The molecule has 2 saturated heterocycles. The molecule has 0 spiro atoms. The Morgan fingerprint density at radius 2 is 2.25 bits per heavy atom. The molecule has 3 aromatic heterocycles. The minimum atomic E-state index is -0.962. The molecule has 2 aliphatic heterocycles. The molecule has 2 aliphatic rings. The first-order valence-electron chi connectivity index (χ1n) is 9.24. The van der Waals surface area contributed by atoms with Gasteiger partial charge in [-0.2, -0.15) is 0 Å². The largest absolute Gasteiger partial charge is 0.347 e. The number of rotatable bonds is 4. The van der Waals surface area contributed by atoms with E-state index in [2.05, 4.69) is 32.1 Å². The molecule has 0 saturated carbocycles. The summed E-state index contributed by atoms with van der Waals surface area (Å²) in [6, 6.07) is 1.76. The minimum absolute atomic E-state index is 0.0912. The van der Waals surface area contributed by atoms with Gasteiger partial charge >= 0.3 is 0 Å². The van der Waals surface area contributed by atoms with Crippen LogP contribution >= 0.6 is 11.3 Å². The summed E-state index contributed by atoms with van der Waals surface area (Å²) >= 11 is 1.28. The number of pyridine rings is 1. The van der Waals surface area contributed by atoms with E-state index in [1.807, 2.05) is 0 Å². The number of hydrogen-bond acceptors (Lipinski definition) is 6. The Hall–Kier alpha value is -2.65. The van der Waals surface area contributed by atoms with E-state index in [1.54, 1.807) is 29.5 Å². The highest BCUT2D eigenvalue weighted by Gasteiger charge is 2.43. The number of nitrogens with one attached hydrogen (secondary N) is 2. The van der Waals surface area contributed by atoms with Crippen molar-refractivity contribution in [2.75, 3.05) is 0 Å². The van der Waals surface area contributed by atoms with Crippen molar-refractivity contribution in [3.05, 3.63) is 52.8 Å². The molecular weight excluding hydrogens is 379 g/mol. The number of aromatic nitrogens is 5. The Bertz CT molecular complexity index is 1070. The first-order valence-corrected chi connectivity index (χ1v) is 10.1. The van der Waals surface area contributed by atoms with E-state index in [4.69, 9.17) is 0 Å². The van der Waals surface area contributed by atoms with Crippen LogP contribution in [0.4, 0.5) is 4.39 Å². The standard InChI is InChI=1S/C19H19FN6OS/c1-10(12-6-11-2-3-14(23-11)17(12)20)18-24-25-19(28-18)13-8-22-16(7-15(13)27)26-5-4-21-9-26/h4-5,7-9,11-12,14,17,23H,1-3,6H2,(H,22,27)/t11-,12+,14+,17+/m1/s1. The molecule has 0 unspecified atom stereocenters. The summed E-state index contributed by atoms with van der Waals surface area (Å²) < 4.78 is 16.5. The second-order valence-electron chi connectivity index (χ2n) is 7.34. The summed E-state index contributed by atoms with van der Waals surface area (Å²) in [7, 11) is 0. The molecule has 9 heteroatoms. The van der Waals surface area contributed by atoms with Crippen LogP contribution in [0.15, 0.2) is 42.4 Å². The van der Waals surface area contributed by atoms with Crippen molar-refractivity contribution in [2.24, 2.45) is 5.92 Å². The highest BCUT2D eigenvalue weighted by molar-refractivity contribution is 7.15. The monoisotopic (exact) mass is 398 g/mol. The van der Waals surface area contributed by atoms with Crippen molar-refractivity contribution in [1.29, 1.82) is 0 Å². The Morgan fingerprint density at radius 1 is 1.36 bits per heavy atom. The highest BCUT2D eigenvalue weighted by atomic mass is 32.1. The van der Waals surface area contributed by atoms with Crippen molar-refractivity contribution >= 4 is 16.9 Å². The Morgan fingerprint density at radius 3 is 3.04 bits per heavy atom. The lowest BCUT2D eigenvalue weighted by atomic mass is 9.85. The van der Waals surface area contributed by atoms with Gasteiger partial charge in [0.15, 0.2) is 10.4 Å². The average molecular weight is 398 g/mol. The minimum Gasteiger partial charge on any atom is -0.347 e. The number of piperidine rings is 1. The molecule has 0 amide bonds. The molecule has 5 rings (SSSR count). The summed E-state index contributed by atoms with van der Waals surface area (Å²) in [5, 5.41) is 12.8. The molecule has 28 heavy (non-hydrogen) atoms. The molecule has 3 aromatic rings. The molecule has 2 bridgehead atoms. The SMILES string of the molecule is C=C(c1nnc(-c2c[nH]c(-n3ccnc3)cc2=O)s1)[C@@H]1C[C@H]2CC[C@H](N2)[C@H]1F. The van der Waals surface area contributed by atoms with Crippen LogP contribution in [0, 0.1) is 5.92 Å². The van der Waals surface area contributed by atoms with Gasteiger partial charge in [-0.1, -0.05) is 17.9 Å². The Balaban J connectivity index is 1.40. The normalized spacial score (nSPS) is 26.5. The summed E-state index contributed by atoms with van der Waals surface area (Å²) in [5.41, 5.74) is 0.947. The number of H-pyrrole nitrogens is 1. The van der Waals surface area contributed by atoms with Gasteiger partial charge in [-0.05, 0) is 24.8 Å². The molecule has 0 aliphatic carbocycles. The highest BCUT2D eigenvalue weighted by Crippen LogP contribution is 2.41. The lowest BCUT2D eigenvalue weighted by molar-refractivity contribution is 0.167. The van der Waals surface area contributed by atoms with E-state index in [0.717, 1.165) is 19.3 Å². The zero-order valence-electron chi connectivity index (χ0n) is 15.0. The molecular formula is C19H19FN6OS. The predicted molar refractivity (Wildman–Crippen MR) is 105 cm³/mol. The van der Waals surface area contributed by atoms with Crippen LogP contribution in [0.2, 0.25) is 0 Å². The number of imidazole rings is 1. The second-order valence-corrected chi connectivity index (χ2v) is 8.32. The summed E-state index contributed by atoms with van der Waals surface area (Å²) in [5.74, 6) is 0.368. The van der Waals surface area contributed by atoms with Crippen molar-refractivity contribution < 1.29 is 4.39 Å².